The number of amides is 1. The third-order valence-corrected chi connectivity index (χ3v) is 5.66. The maximum absolute atomic E-state index is 12.5. The van der Waals surface area contributed by atoms with Crippen molar-refractivity contribution < 1.29 is 4.79 Å². The van der Waals surface area contributed by atoms with Crippen LogP contribution in [0.1, 0.15) is 31.2 Å². The van der Waals surface area contributed by atoms with Crippen LogP contribution in [0.5, 0.6) is 0 Å². The van der Waals surface area contributed by atoms with Gasteiger partial charge in [0, 0.05) is 19.1 Å². The molecule has 4 rings (SSSR count). The Bertz CT molecular complexity index is 732. The Morgan fingerprint density at radius 3 is 2.75 bits per heavy atom. The van der Waals surface area contributed by atoms with Gasteiger partial charge in [0.15, 0.2) is 0 Å². The number of fused-ring (bicyclic) bond motifs is 1. The van der Waals surface area contributed by atoms with Crippen LogP contribution in [0.25, 0.3) is 10.8 Å². The summed E-state index contributed by atoms with van der Waals surface area (Å²) in [5, 5.41) is 2.66. The van der Waals surface area contributed by atoms with E-state index >= 15 is 0 Å². The van der Waals surface area contributed by atoms with E-state index in [2.05, 4.69) is 47.4 Å². The van der Waals surface area contributed by atoms with Crippen molar-refractivity contribution in [2.75, 3.05) is 20.1 Å². The zero-order chi connectivity index (χ0) is 16.5. The quantitative estimate of drug-likeness (QED) is 0.841. The van der Waals surface area contributed by atoms with Gasteiger partial charge in [-0.1, -0.05) is 42.5 Å². The molecule has 0 unspecified atom stereocenters. The Kier molecular flexibility index (Phi) is 4.28. The fourth-order valence-electron chi connectivity index (χ4n) is 4.01. The molecule has 1 saturated heterocycles. The van der Waals surface area contributed by atoms with Gasteiger partial charge < -0.3 is 4.90 Å². The van der Waals surface area contributed by atoms with Crippen molar-refractivity contribution in [3.8, 4) is 0 Å². The Balaban J connectivity index is 1.47. The number of likely N-dealkylation sites (tertiary alicyclic amines) is 1. The summed E-state index contributed by atoms with van der Waals surface area (Å²) in [5.41, 5.74) is 1.41. The number of carbonyl (C=O) groups excluding carboxylic acids is 1. The van der Waals surface area contributed by atoms with Crippen LogP contribution in [0.3, 0.4) is 0 Å². The molecular weight excluding hydrogens is 296 g/mol. The monoisotopic (exact) mass is 322 g/mol. The zero-order valence-corrected chi connectivity index (χ0v) is 14.4. The summed E-state index contributed by atoms with van der Waals surface area (Å²) in [4.78, 5) is 16.8. The van der Waals surface area contributed by atoms with Gasteiger partial charge in [-0.05, 0) is 55.0 Å². The molecule has 0 aromatic heterocycles. The molecule has 2 fully saturated rings. The predicted octanol–water partition coefficient (Wildman–Crippen LogP) is 3.47. The molecule has 1 amide bonds. The highest BCUT2D eigenvalue weighted by Crippen LogP contribution is 2.28. The number of rotatable bonds is 5. The van der Waals surface area contributed by atoms with Gasteiger partial charge in [0.05, 0.1) is 6.54 Å². The Hall–Kier alpha value is -1.87. The molecule has 1 atom stereocenters. The van der Waals surface area contributed by atoms with Crippen LogP contribution in [0.15, 0.2) is 42.5 Å². The van der Waals surface area contributed by atoms with Crippen LogP contribution in [0.2, 0.25) is 0 Å². The van der Waals surface area contributed by atoms with E-state index in [9.17, 15) is 4.79 Å². The number of carbonyl (C=O) groups is 1. The van der Waals surface area contributed by atoms with Crippen molar-refractivity contribution in [3.63, 3.8) is 0 Å². The van der Waals surface area contributed by atoms with E-state index in [1.165, 1.54) is 42.0 Å². The molecule has 0 radical (unpaired) electrons. The summed E-state index contributed by atoms with van der Waals surface area (Å²) in [6, 6.07) is 16.2. The van der Waals surface area contributed by atoms with Crippen molar-refractivity contribution in [2.24, 2.45) is 0 Å². The van der Waals surface area contributed by atoms with Gasteiger partial charge in [0.1, 0.15) is 0 Å². The molecule has 0 bridgehead atoms. The van der Waals surface area contributed by atoms with E-state index in [1.807, 2.05) is 11.9 Å². The first-order valence-electron chi connectivity index (χ1n) is 9.19. The van der Waals surface area contributed by atoms with Crippen molar-refractivity contribution in [1.29, 1.82) is 0 Å². The van der Waals surface area contributed by atoms with Crippen LogP contribution in [-0.2, 0) is 11.2 Å². The van der Waals surface area contributed by atoms with Crippen LogP contribution in [0.4, 0.5) is 0 Å². The molecule has 126 valence electrons. The van der Waals surface area contributed by atoms with Gasteiger partial charge >= 0.3 is 0 Å². The second-order valence-electron chi connectivity index (χ2n) is 7.34. The minimum absolute atomic E-state index is 0.294. The topological polar surface area (TPSA) is 23.6 Å². The lowest BCUT2D eigenvalue weighted by molar-refractivity contribution is -0.131. The molecule has 0 spiro atoms. The normalized spacial score (nSPS) is 21.3. The molecule has 24 heavy (non-hydrogen) atoms. The summed E-state index contributed by atoms with van der Waals surface area (Å²) in [6.45, 7) is 1.64. The number of likely N-dealkylation sites (N-methyl/N-ethyl adjacent to an activating group) is 1. The first-order chi connectivity index (χ1) is 11.7. The predicted molar refractivity (Wildman–Crippen MR) is 98.0 cm³/mol. The maximum Gasteiger partial charge on any atom is 0.236 e. The summed E-state index contributed by atoms with van der Waals surface area (Å²) in [5.74, 6) is 0.294. The van der Waals surface area contributed by atoms with Crippen LogP contribution >= 0.6 is 0 Å². The van der Waals surface area contributed by atoms with Crippen LogP contribution in [0, 0.1) is 0 Å². The molecule has 1 heterocycles. The highest BCUT2D eigenvalue weighted by Gasteiger charge is 2.32. The second kappa shape index (κ2) is 6.56. The SMILES string of the molecule is CN(C(=O)CN1CCC[C@H]1Cc1cccc2ccccc12)C1CC1. The fourth-order valence-corrected chi connectivity index (χ4v) is 4.01. The third-order valence-electron chi connectivity index (χ3n) is 5.66. The standard InChI is InChI=1S/C21H26N2O/c1-22(18-11-12-18)21(24)15-23-13-5-9-19(23)14-17-8-4-7-16-6-2-3-10-20(16)17/h2-4,6-8,10,18-19H,5,9,11-15H2,1H3/t19-/m0/s1. The Morgan fingerprint density at radius 2 is 1.92 bits per heavy atom. The molecule has 3 nitrogen and oxygen atoms in total. The van der Waals surface area contributed by atoms with Crippen LogP contribution in [-0.4, -0.2) is 47.9 Å². The second-order valence-corrected chi connectivity index (χ2v) is 7.34. The lowest BCUT2D eigenvalue weighted by Gasteiger charge is -2.27. The van der Waals surface area contributed by atoms with E-state index in [-0.39, 0.29) is 0 Å². The molecule has 1 aliphatic heterocycles. The molecule has 2 aliphatic rings. The molecule has 1 aliphatic carbocycles. The largest absolute Gasteiger partial charge is 0.342 e. The molecular formula is C21H26N2O. The molecule has 2 aromatic carbocycles. The van der Waals surface area contributed by atoms with Crippen molar-refractivity contribution >= 4 is 16.7 Å². The lowest BCUT2D eigenvalue weighted by atomic mass is 9.97. The Labute approximate surface area is 144 Å². The van der Waals surface area contributed by atoms with Gasteiger partial charge in [0.25, 0.3) is 0 Å². The number of benzene rings is 2. The summed E-state index contributed by atoms with van der Waals surface area (Å²) in [6.07, 6.45) is 5.81. The fraction of sp³-hybridized carbons (Fsp3) is 0.476. The van der Waals surface area contributed by atoms with Crippen molar-refractivity contribution in [3.05, 3.63) is 48.0 Å². The van der Waals surface area contributed by atoms with Gasteiger partial charge in [-0.2, -0.15) is 0 Å². The van der Waals surface area contributed by atoms with E-state index in [1.54, 1.807) is 0 Å². The number of hydrogen-bond donors (Lipinski definition) is 0. The Morgan fingerprint density at radius 1 is 1.12 bits per heavy atom. The molecule has 2 aromatic rings. The zero-order valence-electron chi connectivity index (χ0n) is 14.4. The molecule has 3 heteroatoms. The smallest absolute Gasteiger partial charge is 0.236 e. The van der Waals surface area contributed by atoms with Crippen LogP contribution < -0.4 is 0 Å². The molecule has 0 N–H and O–H groups in total. The van der Waals surface area contributed by atoms with Gasteiger partial charge in [0.2, 0.25) is 5.91 Å². The third kappa shape index (κ3) is 3.18. The average Bonchev–Trinajstić information content (AvgIpc) is 3.37. The van der Waals surface area contributed by atoms with E-state index in [4.69, 9.17) is 0 Å². The van der Waals surface area contributed by atoms with E-state index in [0.29, 0.717) is 24.5 Å². The van der Waals surface area contributed by atoms with Gasteiger partial charge in [-0.3, -0.25) is 9.69 Å². The van der Waals surface area contributed by atoms with Gasteiger partial charge in [-0.25, -0.2) is 0 Å². The summed E-state index contributed by atoms with van der Waals surface area (Å²) in [7, 11) is 1.97. The van der Waals surface area contributed by atoms with Crippen molar-refractivity contribution in [1.82, 2.24) is 9.80 Å². The van der Waals surface area contributed by atoms with E-state index in [0.717, 1.165) is 13.0 Å². The minimum Gasteiger partial charge on any atom is -0.342 e. The lowest BCUT2D eigenvalue weighted by Crippen LogP contribution is -2.42. The van der Waals surface area contributed by atoms with E-state index < -0.39 is 0 Å². The number of nitrogens with zero attached hydrogens (tertiary/aromatic N) is 2. The summed E-state index contributed by atoms with van der Waals surface area (Å²) >= 11 is 0. The average molecular weight is 322 g/mol. The first kappa shape index (κ1) is 15.6. The van der Waals surface area contributed by atoms with Gasteiger partial charge in [-0.15, -0.1) is 0 Å². The number of hydrogen-bond acceptors (Lipinski definition) is 2. The molecule has 1 saturated carbocycles. The highest BCUT2D eigenvalue weighted by atomic mass is 16.2. The minimum atomic E-state index is 0.294. The highest BCUT2D eigenvalue weighted by molar-refractivity contribution is 5.85. The van der Waals surface area contributed by atoms with Crippen molar-refractivity contribution in [2.45, 2.75) is 44.2 Å². The summed E-state index contributed by atoms with van der Waals surface area (Å²) < 4.78 is 0. The maximum atomic E-state index is 12.5. The first-order valence-corrected chi connectivity index (χ1v) is 9.19.